The number of para-hydroxylation sites is 1. The lowest BCUT2D eigenvalue weighted by Crippen LogP contribution is -1.99. The van der Waals surface area contributed by atoms with Crippen LogP contribution in [0.25, 0.3) is 17.1 Å². The number of aromatic nitrogens is 2. The van der Waals surface area contributed by atoms with Gasteiger partial charge in [-0.05, 0) is 30.1 Å². The predicted molar refractivity (Wildman–Crippen MR) is 107 cm³/mol. The lowest BCUT2D eigenvalue weighted by atomic mass is 10.2. The normalized spacial score (nSPS) is 11.3. The topological polar surface area (TPSA) is 30.2 Å². The Labute approximate surface area is 157 Å². The minimum Gasteiger partial charge on any atom is -0.256 e. The van der Waals surface area contributed by atoms with Crippen LogP contribution < -0.4 is 4.80 Å². The Hall–Kier alpha value is -1.72. The number of hydrogen-bond donors (Lipinski definition) is 0. The van der Waals surface area contributed by atoms with Crippen LogP contribution in [0.2, 0.25) is 0 Å². The minimum absolute atomic E-state index is 0. The number of hydrogen-bond acceptors (Lipinski definition) is 3. The lowest BCUT2D eigenvalue weighted by molar-refractivity contribution is 0.720. The average molecular weight is 404 g/mol. The van der Waals surface area contributed by atoms with Crippen LogP contribution in [0.4, 0.5) is 0 Å². The maximum Gasteiger partial charge on any atom is 0.223 e. The van der Waals surface area contributed by atoms with E-state index in [4.69, 9.17) is 4.98 Å². The van der Waals surface area contributed by atoms with E-state index in [1.165, 1.54) is 12.8 Å². The van der Waals surface area contributed by atoms with Crippen LogP contribution in [0.3, 0.4) is 0 Å². The first-order valence-electron chi connectivity index (χ1n) is 8.10. The Balaban J connectivity index is 0.00000208. The van der Waals surface area contributed by atoms with E-state index in [0.29, 0.717) is 0 Å². The van der Waals surface area contributed by atoms with E-state index in [1.807, 2.05) is 24.3 Å². The quantitative estimate of drug-likeness (QED) is 0.515. The van der Waals surface area contributed by atoms with E-state index in [-0.39, 0.29) is 17.0 Å². The van der Waals surface area contributed by atoms with E-state index >= 15 is 0 Å². The second-order valence-electron chi connectivity index (χ2n) is 5.39. The molecular formula is C19H22BrN3S. The molecule has 0 aliphatic heterocycles. The van der Waals surface area contributed by atoms with Gasteiger partial charge in [0.2, 0.25) is 4.80 Å². The van der Waals surface area contributed by atoms with Crippen LogP contribution >= 0.6 is 28.5 Å². The van der Waals surface area contributed by atoms with Crippen LogP contribution in [-0.4, -0.2) is 15.5 Å². The molecule has 1 heterocycles. The first-order chi connectivity index (χ1) is 11.4. The summed E-state index contributed by atoms with van der Waals surface area (Å²) in [5.41, 5.74) is 2.24. The molecule has 3 rings (SSSR count). The Morgan fingerprint density at radius 1 is 0.958 bits per heavy atom. The second-order valence-corrected chi connectivity index (χ2v) is 6.31. The van der Waals surface area contributed by atoms with Crippen LogP contribution in [0.15, 0.2) is 65.7 Å². The smallest absolute Gasteiger partial charge is 0.223 e. The van der Waals surface area contributed by atoms with Gasteiger partial charge in [0.15, 0.2) is 5.82 Å². The Kier molecular flexibility index (Phi) is 7.40. The highest BCUT2D eigenvalue weighted by molar-refractivity contribution is 8.93. The van der Waals surface area contributed by atoms with Crippen molar-refractivity contribution >= 4 is 28.5 Å². The zero-order valence-electron chi connectivity index (χ0n) is 13.8. The number of halogens is 1. The highest BCUT2D eigenvalue weighted by Crippen LogP contribution is 2.21. The molecule has 24 heavy (non-hydrogen) atoms. The number of unbranched alkanes of at least 4 members (excludes halogenated alkanes) is 2. The molecule has 0 aliphatic rings. The Morgan fingerprint density at radius 2 is 1.62 bits per heavy atom. The fourth-order valence-corrected chi connectivity index (χ4v) is 3.29. The third kappa shape index (κ3) is 4.65. The van der Waals surface area contributed by atoms with Gasteiger partial charge in [0.1, 0.15) is 0 Å². The summed E-state index contributed by atoms with van der Waals surface area (Å²) >= 11 is 1.60. The molecule has 3 nitrogen and oxygen atoms in total. The molecule has 0 radical (unpaired) electrons. The van der Waals surface area contributed by atoms with Crippen LogP contribution in [0, 0.1) is 0 Å². The van der Waals surface area contributed by atoms with Gasteiger partial charge < -0.3 is 0 Å². The van der Waals surface area contributed by atoms with Gasteiger partial charge in [-0.2, -0.15) is 4.98 Å². The molecule has 0 unspecified atom stereocenters. The molecule has 0 bridgehead atoms. The van der Waals surface area contributed by atoms with E-state index in [1.54, 1.807) is 11.5 Å². The highest BCUT2D eigenvalue weighted by atomic mass is 79.9. The molecule has 2 aromatic carbocycles. The van der Waals surface area contributed by atoms with Gasteiger partial charge in [0, 0.05) is 12.1 Å². The maximum atomic E-state index is 4.77. The van der Waals surface area contributed by atoms with E-state index in [9.17, 15) is 0 Å². The van der Waals surface area contributed by atoms with Crippen molar-refractivity contribution in [2.45, 2.75) is 26.2 Å². The summed E-state index contributed by atoms with van der Waals surface area (Å²) in [5, 5.41) is 0. The molecule has 126 valence electrons. The van der Waals surface area contributed by atoms with Crippen molar-refractivity contribution in [3.05, 3.63) is 65.5 Å². The van der Waals surface area contributed by atoms with E-state index in [0.717, 1.165) is 34.8 Å². The van der Waals surface area contributed by atoms with Crippen LogP contribution in [0.1, 0.15) is 26.2 Å². The minimum atomic E-state index is 0. The van der Waals surface area contributed by atoms with Gasteiger partial charge in [-0.25, -0.2) is 3.96 Å². The summed E-state index contributed by atoms with van der Waals surface area (Å²) in [6, 6.07) is 20.6. The predicted octanol–water partition coefficient (Wildman–Crippen LogP) is 5.27. The second kappa shape index (κ2) is 9.55. The van der Waals surface area contributed by atoms with Gasteiger partial charge >= 0.3 is 0 Å². The fourth-order valence-electron chi connectivity index (χ4n) is 2.39. The van der Waals surface area contributed by atoms with Crippen molar-refractivity contribution < 1.29 is 0 Å². The fraction of sp³-hybridized carbons (Fsp3) is 0.263. The number of benzene rings is 2. The summed E-state index contributed by atoms with van der Waals surface area (Å²) < 4.78 is 2.16. The third-order valence-corrected chi connectivity index (χ3v) is 4.55. The molecule has 0 atom stereocenters. The first kappa shape index (κ1) is 18.6. The van der Waals surface area contributed by atoms with Crippen molar-refractivity contribution in [1.82, 2.24) is 8.94 Å². The summed E-state index contributed by atoms with van der Waals surface area (Å²) in [5.74, 6) is 0.955. The van der Waals surface area contributed by atoms with Crippen molar-refractivity contribution in [2.75, 3.05) is 6.54 Å². The zero-order valence-corrected chi connectivity index (χ0v) is 16.3. The largest absolute Gasteiger partial charge is 0.256 e. The molecular weight excluding hydrogens is 382 g/mol. The molecule has 0 aliphatic carbocycles. The molecule has 0 N–H and O–H groups in total. The standard InChI is InChI=1S/C19H21N3S.BrH/c1-2-3-10-15-20-19-21-18(16-11-6-4-7-12-16)22(23-19)17-13-8-5-9-14-17;/h4-9,11-14H,2-3,10,15H2,1H3;1H. The average Bonchev–Trinajstić information content (AvgIpc) is 3.05. The third-order valence-electron chi connectivity index (χ3n) is 3.60. The van der Waals surface area contributed by atoms with Gasteiger partial charge in [0.25, 0.3) is 0 Å². The van der Waals surface area contributed by atoms with Crippen LogP contribution in [0.5, 0.6) is 0 Å². The zero-order chi connectivity index (χ0) is 15.9. The van der Waals surface area contributed by atoms with Gasteiger partial charge in [-0.1, -0.05) is 68.3 Å². The van der Waals surface area contributed by atoms with Crippen molar-refractivity contribution in [3.63, 3.8) is 0 Å². The van der Waals surface area contributed by atoms with Crippen molar-refractivity contribution in [2.24, 2.45) is 4.99 Å². The van der Waals surface area contributed by atoms with Gasteiger partial charge in [-0.15, -0.1) is 17.0 Å². The van der Waals surface area contributed by atoms with Gasteiger partial charge in [-0.3, -0.25) is 4.99 Å². The van der Waals surface area contributed by atoms with Crippen LogP contribution in [-0.2, 0) is 0 Å². The summed E-state index contributed by atoms with van der Waals surface area (Å²) in [6.45, 7) is 3.06. The Bertz CT molecular complexity index is 734. The molecule has 0 amide bonds. The summed E-state index contributed by atoms with van der Waals surface area (Å²) in [6.07, 6.45) is 3.56. The monoisotopic (exact) mass is 403 g/mol. The highest BCUT2D eigenvalue weighted by Gasteiger charge is 2.10. The number of nitrogens with zero attached hydrogens (tertiary/aromatic N) is 3. The van der Waals surface area contributed by atoms with Gasteiger partial charge in [0.05, 0.1) is 5.69 Å². The molecule has 3 aromatic rings. The molecule has 0 saturated carbocycles. The molecule has 0 fully saturated rings. The lowest BCUT2D eigenvalue weighted by Gasteiger charge is -2.05. The van der Waals surface area contributed by atoms with E-state index in [2.05, 4.69) is 52.3 Å². The molecule has 1 aromatic heterocycles. The maximum absolute atomic E-state index is 4.77. The molecule has 0 saturated heterocycles. The van der Waals surface area contributed by atoms with E-state index < -0.39 is 0 Å². The number of rotatable bonds is 6. The van der Waals surface area contributed by atoms with Crippen molar-refractivity contribution in [1.29, 1.82) is 0 Å². The Morgan fingerprint density at radius 3 is 2.29 bits per heavy atom. The SMILES string of the molecule is Br.CCCCCN=c1nc(-c2ccccc2)n(-c2ccccc2)s1. The molecule has 5 heteroatoms. The van der Waals surface area contributed by atoms with Crippen molar-refractivity contribution in [3.8, 4) is 17.1 Å². The first-order valence-corrected chi connectivity index (χ1v) is 8.87. The summed E-state index contributed by atoms with van der Waals surface area (Å²) in [4.78, 5) is 10.3. The molecule has 0 spiro atoms. The summed E-state index contributed by atoms with van der Waals surface area (Å²) in [7, 11) is 0.